The van der Waals surface area contributed by atoms with Crippen molar-refractivity contribution in [3.63, 3.8) is 0 Å². The first-order valence-corrected chi connectivity index (χ1v) is 14.7. The van der Waals surface area contributed by atoms with Gasteiger partial charge in [-0.2, -0.15) is 10.1 Å². The molecule has 0 bridgehead atoms. The van der Waals surface area contributed by atoms with Crippen LogP contribution in [0.3, 0.4) is 0 Å². The summed E-state index contributed by atoms with van der Waals surface area (Å²) >= 11 is 0. The highest BCUT2D eigenvalue weighted by atomic mass is 16.5. The van der Waals surface area contributed by atoms with Gasteiger partial charge in [-0.1, -0.05) is 50.5 Å². The normalized spacial score (nSPS) is 15.7. The number of nitrogens with zero attached hydrogens (tertiary/aromatic N) is 6. The quantitative estimate of drug-likeness (QED) is 0.231. The van der Waals surface area contributed by atoms with E-state index in [2.05, 4.69) is 64.4 Å². The maximum Gasteiger partial charge on any atom is 0.315 e. The van der Waals surface area contributed by atoms with Crippen LogP contribution in [0.5, 0.6) is 0 Å². The molecule has 10 nitrogen and oxygen atoms in total. The van der Waals surface area contributed by atoms with Crippen molar-refractivity contribution in [2.75, 3.05) is 0 Å². The third-order valence-electron chi connectivity index (χ3n) is 8.05. The first-order valence-electron chi connectivity index (χ1n) is 14.7. The van der Waals surface area contributed by atoms with Crippen LogP contribution < -0.4 is 5.32 Å². The average molecular weight is 567 g/mol. The molecule has 0 radical (unpaired) electrons. The first kappa shape index (κ1) is 27.8. The number of amides is 1. The lowest BCUT2D eigenvalue weighted by atomic mass is 9.94. The molecule has 0 spiro atoms. The van der Waals surface area contributed by atoms with E-state index < -0.39 is 0 Å². The lowest BCUT2D eigenvalue weighted by molar-refractivity contribution is 0.0890. The van der Waals surface area contributed by atoms with Crippen molar-refractivity contribution >= 4 is 17.1 Å². The van der Waals surface area contributed by atoms with E-state index in [-0.39, 0.29) is 29.3 Å². The SMILES string of the molecule is Cc1nn(C(C)C)c(C)c1-c1nc2c(-c3ccc4c(c3)CCCC[C@H]4NC(=O)c3nc(C(C)(C)C)no3)ccnc2[nH]1. The monoisotopic (exact) mass is 566 g/mol. The number of carbonyl (C=O) groups is 1. The Morgan fingerprint density at radius 1 is 1.14 bits per heavy atom. The molecule has 0 aliphatic heterocycles. The number of aromatic amines is 1. The number of rotatable bonds is 5. The Morgan fingerprint density at radius 2 is 1.95 bits per heavy atom. The number of imidazole rings is 1. The number of nitrogens with one attached hydrogen (secondary N) is 2. The Balaban J connectivity index is 1.32. The second-order valence-electron chi connectivity index (χ2n) is 12.6. The molecule has 2 N–H and O–H groups in total. The predicted octanol–water partition coefficient (Wildman–Crippen LogP) is 6.56. The Kier molecular flexibility index (Phi) is 6.95. The van der Waals surface area contributed by atoms with E-state index in [1.165, 1.54) is 5.56 Å². The number of H-pyrrole nitrogens is 1. The van der Waals surface area contributed by atoms with E-state index in [4.69, 9.17) is 14.6 Å². The number of carbonyl (C=O) groups excluding carboxylic acids is 1. The average Bonchev–Trinajstić information content (AvgIpc) is 3.64. The fraction of sp³-hybridized carbons (Fsp3) is 0.438. The topological polar surface area (TPSA) is 127 Å². The first-order chi connectivity index (χ1) is 20.0. The highest BCUT2D eigenvalue weighted by Gasteiger charge is 2.27. The molecule has 1 aliphatic rings. The van der Waals surface area contributed by atoms with Gasteiger partial charge in [0, 0.05) is 28.9 Å². The van der Waals surface area contributed by atoms with Gasteiger partial charge < -0.3 is 14.8 Å². The molecule has 42 heavy (non-hydrogen) atoms. The maximum atomic E-state index is 13.1. The largest absolute Gasteiger partial charge is 0.341 e. The zero-order valence-corrected chi connectivity index (χ0v) is 25.4. The lowest BCUT2D eigenvalue weighted by Gasteiger charge is -2.19. The van der Waals surface area contributed by atoms with Crippen LogP contribution >= 0.6 is 0 Å². The van der Waals surface area contributed by atoms with Crippen molar-refractivity contribution in [1.82, 2.24) is 40.2 Å². The number of fused-ring (bicyclic) bond motifs is 2. The van der Waals surface area contributed by atoms with E-state index >= 15 is 0 Å². The van der Waals surface area contributed by atoms with Gasteiger partial charge in [0.1, 0.15) is 11.3 Å². The molecule has 1 aromatic carbocycles. The van der Waals surface area contributed by atoms with Gasteiger partial charge in [-0.3, -0.25) is 9.48 Å². The molecular weight excluding hydrogens is 528 g/mol. The van der Waals surface area contributed by atoms with Crippen LogP contribution in [-0.2, 0) is 11.8 Å². The van der Waals surface area contributed by atoms with Gasteiger partial charge in [0.25, 0.3) is 0 Å². The summed E-state index contributed by atoms with van der Waals surface area (Å²) in [6.07, 6.45) is 5.67. The third kappa shape index (κ3) is 4.99. The Bertz CT molecular complexity index is 1790. The summed E-state index contributed by atoms with van der Waals surface area (Å²) in [7, 11) is 0. The van der Waals surface area contributed by atoms with E-state index in [1.807, 2.05) is 44.6 Å². The molecule has 218 valence electrons. The molecule has 6 rings (SSSR count). The number of pyridine rings is 1. The van der Waals surface area contributed by atoms with Crippen LogP contribution in [0, 0.1) is 13.8 Å². The molecule has 0 saturated carbocycles. The summed E-state index contributed by atoms with van der Waals surface area (Å²) in [4.78, 5) is 30.5. The molecule has 0 saturated heterocycles. The van der Waals surface area contributed by atoms with Gasteiger partial charge in [-0.05, 0) is 69.7 Å². The van der Waals surface area contributed by atoms with Crippen LogP contribution in [-0.4, -0.2) is 40.8 Å². The second kappa shape index (κ2) is 10.5. The molecule has 1 amide bonds. The molecule has 1 aliphatic carbocycles. The van der Waals surface area contributed by atoms with E-state index in [0.29, 0.717) is 5.82 Å². The molecule has 5 aromatic rings. The summed E-state index contributed by atoms with van der Waals surface area (Å²) in [5.74, 6) is 0.953. The summed E-state index contributed by atoms with van der Waals surface area (Å²) in [6.45, 7) is 14.3. The van der Waals surface area contributed by atoms with Crippen molar-refractivity contribution in [3.8, 4) is 22.5 Å². The third-order valence-corrected chi connectivity index (χ3v) is 8.05. The fourth-order valence-corrected chi connectivity index (χ4v) is 5.91. The van der Waals surface area contributed by atoms with Gasteiger partial charge >= 0.3 is 11.8 Å². The van der Waals surface area contributed by atoms with Crippen LogP contribution in [0.15, 0.2) is 35.0 Å². The van der Waals surface area contributed by atoms with Crippen molar-refractivity contribution in [3.05, 3.63) is 64.7 Å². The van der Waals surface area contributed by atoms with Crippen molar-refractivity contribution < 1.29 is 9.32 Å². The minimum atomic E-state index is -0.341. The minimum Gasteiger partial charge on any atom is -0.341 e. The van der Waals surface area contributed by atoms with Gasteiger partial charge in [0.05, 0.1) is 17.3 Å². The Hall–Kier alpha value is -4.34. The summed E-state index contributed by atoms with van der Waals surface area (Å²) in [5, 5.41) is 11.9. The number of hydrogen-bond acceptors (Lipinski definition) is 7. The molecule has 0 fully saturated rings. The zero-order valence-electron chi connectivity index (χ0n) is 25.4. The smallest absolute Gasteiger partial charge is 0.315 e. The van der Waals surface area contributed by atoms with Gasteiger partial charge in [-0.25, -0.2) is 9.97 Å². The van der Waals surface area contributed by atoms with Crippen molar-refractivity contribution in [1.29, 1.82) is 0 Å². The van der Waals surface area contributed by atoms with E-state index in [9.17, 15) is 4.79 Å². The molecule has 4 heterocycles. The number of benzene rings is 1. The van der Waals surface area contributed by atoms with Crippen LogP contribution in [0.1, 0.15) is 105 Å². The lowest BCUT2D eigenvalue weighted by Crippen LogP contribution is -2.29. The minimum absolute atomic E-state index is 0.000247. The van der Waals surface area contributed by atoms with Gasteiger partial charge in [0.15, 0.2) is 11.5 Å². The van der Waals surface area contributed by atoms with Crippen LogP contribution in [0.4, 0.5) is 0 Å². The Labute approximate surface area is 245 Å². The van der Waals surface area contributed by atoms with E-state index in [0.717, 1.165) is 76.3 Å². The second-order valence-corrected chi connectivity index (χ2v) is 12.6. The summed E-state index contributed by atoms with van der Waals surface area (Å²) < 4.78 is 7.34. The molecule has 4 aromatic heterocycles. The predicted molar refractivity (Wildman–Crippen MR) is 161 cm³/mol. The van der Waals surface area contributed by atoms with Gasteiger partial charge in [-0.15, -0.1) is 0 Å². The highest BCUT2D eigenvalue weighted by Crippen LogP contribution is 2.35. The zero-order chi connectivity index (χ0) is 29.8. The van der Waals surface area contributed by atoms with Crippen LogP contribution in [0.2, 0.25) is 0 Å². The molecule has 0 unspecified atom stereocenters. The molecule has 1 atom stereocenters. The molecule has 10 heteroatoms. The Morgan fingerprint density at radius 3 is 2.67 bits per heavy atom. The summed E-state index contributed by atoms with van der Waals surface area (Å²) in [6, 6.07) is 8.63. The van der Waals surface area contributed by atoms with E-state index in [1.54, 1.807) is 0 Å². The fourth-order valence-electron chi connectivity index (χ4n) is 5.91. The number of aromatic nitrogens is 7. The number of hydrogen-bond donors (Lipinski definition) is 2. The summed E-state index contributed by atoms with van der Waals surface area (Å²) in [5.41, 5.74) is 8.75. The standard InChI is InChI=1S/C32H38N8O2/c1-17(2)40-19(4)25(18(3)38-40)27-35-26-23(14-15-33-28(26)36-27)21-12-13-22-20(16-21)10-8-9-11-24(22)34-29(41)30-37-31(39-42-30)32(5,6)7/h12-17,24H,8-11H2,1-7H3,(H,34,41)(H,33,35,36)/t24-/m1/s1. The van der Waals surface area contributed by atoms with Gasteiger partial charge in [0.2, 0.25) is 0 Å². The molecular formula is C32H38N8O2. The number of aryl methyl sites for hydroxylation is 2. The van der Waals surface area contributed by atoms with Crippen LogP contribution in [0.25, 0.3) is 33.7 Å². The highest BCUT2D eigenvalue weighted by molar-refractivity contribution is 5.92. The van der Waals surface area contributed by atoms with Crippen molar-refractivity contribution in [2.45, 2.75) is 91.6 Å². The van der Waals surface area contributed by atoms with Crippen molar-refractivity contribution in [2.24, 2.45) is 0 Å². The maximum absolute atomic E-state index is 13.1.